The second-order valence-corrected chi connectivity index (χ2v) is 5.22. The van der Waals surface area contributed by atoms with Crippen LogP contribution in [0.25, 0.3) is 0 Å². The van der Waals surface area contributed by atoms with Crippen molar-refractivity contribution in [3.05, 3.63) is 65.0 Å². The standard InChI is InChI=1S/C17H20FNO/c1-11-7-8-16(12(2)9-11)20-17(13(3)19)14-5-4-6-15(18)10-14/h4-10,13,17H,19H2,1-3H3. The first-order chi connectivity index (χ1) is 9.47. The van der Waals surface area contributed by atoms with Crippen LogP contribution in [0.4, 0.5) is 4.39 Å². The van der Waals surface area contributed by atoms with Crippen LogP contribution in [0, 0.1) is 19.7 Å². The molecule has 0 saturated heterocycles. The zero-order chi connectivity index (χ0) is 14.7. The minimum atomic E-state index is -0.368. The van der Waals surface area contributed by atoms with Gasteiger partial charge in [0, 0.05) is 6.04 Å². The number of hydrogen-bond donors (Lipinski definition) is 1. The zero-order valence-electron chi connectivity index (χ0n) is 12.1. The Kier molecular flexibility index (Phi) is 4.40. The molecule has 2 aromatic carbocycles. The van der Waals surface area contributed by atoms with Crippen LogP contribution >= 0.6 is 0 Å². The molecule has 0 spiro atoms. The Balaban J connectivity index is 2.30. The van der Waals surface area contributed by atoms with E-state index in [1.807, 2.05) is 39.0 Å². The van der Waals surface area contributed by atoms with Gasteiger partial charge in [-0.05, 0) is 50.1 Å². The lowest BCUT2D eigenvalue weighted by Gasteiger charge is -2.24. The third kappa shape index (κ3) is 3.36. The number of nitrogens with two attached hydrogens (primary N) is 1. The molecule has 0 bridgehead atoms. The van der Waals surface area contributed by atoms with E-state index in [2.05, 4.69) is 6.07 Å². The fourth-order valence-corrected chi connectivity index (χ4v) is 2.23. The highest BCUT2D eigenvalue weighted by molar-refractivity contribution is 5.36. The Labute approximate surface area is 119 Å². The summed E-state index contributed by atoms with van der Waals surface area (Å²) in [5, 5.41) is 0. The highest BCUT2D eigenvalue weighted by Crippen LogP contribution is 2.27. The minimum Gasteiger partial charge on any atom is -0.484 e. The van der Waals surface area contributed by atoms with Crippen LogP contribution in [0.2, 0.25) is 0 Å². The van der Waals surface area contributed by atoms with Gasteiger partial charge in [0.05, 0.1) is 0 Å². The van der Waals surface area contributed by atoms with E-state index in [-0.39, 0.29) is 18.0 Å². The van der Waals surface area contributed by atoms with Crippen LogP contribution in [0.3, 0.4) is 0 Å². The van der Waals surface area contributed by atoms with Crippen molar-refractivity contribution in [2.24, 2.45) is 5.73 Å². The molecule has 2 aromatic rings. The van der Waals surface area contributed by atoms with E-state index in [0.717, 1.165) is 16.9 Å². The molecule has 0 amide bonds. The molecule has 0 radical (unpaired) electrons. The Hall–Kier alpha value is -1.87. The molecule has 2 unspecified atom stereocenters. The highest BCUT2D eigenvalue weighted by atomic mass is 19.1. The van der Waals surface area contributed by atoms with E-state index in [9.17, 15) is 4.39 Å². The Morgan fingerprint density at radius 2 is 1.85 bits per heavy atom. The average molecular weight is 273 g/mol. The number of benzene rings is 2. The van der Waals surface area contributed by atoms with Gasteiger partial charge in [0.25, 0.3) is 0 Å². The summed E-state index contributed by atoms with van der Waals surface area (Å²) in [4.78, 5) is 0. The average Bonchev–Trinajstić information content (AvgIpc) is 2.37. The summed E-state index contributed by atoms with van der Waals surface area (Å²) in [5.74, 6) is 0.500. The highest BCUT2D eigenvalue weighted by Gasteiger charge is 2.19. The zero-order valence-corrected chi connectivity index (χ0v) is 12.1. The van der Waals surface area contributed by atoms with Gasteiger partial charge in [-0.2, -0.15) is 0 Å². The van der Waals surface area contributed by atoms with Crippen LogP contribution < -0.4 is 10.5 Å². The molecule has 2 rings (SSSR count). The second kappa shape index (κ2) is 6.06. The summed E-state index contributed by atoms with van der Waals surface area (Å²) < 4.78 is 19.4. The van der Waals surface area contributed by atoms with Crippen LogP contribution in [0.1, 0.15) is 29.7 Å². The molecule has 0 aliphatic heterocycles. The fourth-order valence-electron chi connectivity index (χ4n) is 2.23. The number of aryl methyl sites for hydroxylation is 2. The third-order valence-corrected chi connectivity index (χ3v) is 3.24. The largest absolute Gasteiger partial charge is 0.484 e. The quantitative estimate of drug-likeness (QED) is 0.916. The fraction of sp³-hybridized carbons (Fsp3) is 0.294. The van der Waals surface area contributed by atoms with Crippen molar-refractivity contribution in [1.82, 2.24) is 0 Å². The maximum atomic E-state index is 13.4. The number of rotatable bonds is 4. The Bertz CT molecular complexity index is 595. The van der Waals surface area contributed by atoms with E-state index in [1.54, 1.807) is 6.07 Å². The van der Waals surface area contributed by atoms with Gasteiger partial charge in [0.15, 0.2) is 0 Å². The summed E-state index contributed by atoms with van der Waals surface area (Å²) >= 11 is 0. The number of halogens is 1. The maximum absolute atomic E-state index is 13.4. The minimum absolute atomic E-state index is 0.238. The van der Waals surface area contributed by atoms with Crippen molar-refractivity contribution < 1.29 is 9.13 Å². The smallest absolute Gasteiger partial charge is 0.139 e. The van der Waals surface area contributed by atoms with E-state index in [4.69, 9.17) is 10.5 Å². The second-order valence-electron chi connectivity index (χ2n) is 5.22. The van der Waals surface area contributed by atoms with E-state index in [0.29, 0.717) is 0 Å². The first-order valence-electron chi connectivity index (χ1n) is 6.72. The number of ether oxygens (including phenoxy) is 1. The molecule has 2 N–H and O–H groups in total. The molecule has 0 aliphatic rings. The predicted octanol–water partition coefficient (Wildman–Crippen LogP) is 3.91. The van der Waals surface area contributed by atoms with Crippen molar-refractivity contribution in [2.75, 3.05) is 0 Å². The van der Waals surface area contributed by atoms with Gasteiger partial charge in [0.2, 0.25) is 0 Å². The molecule has 0 aromatic heterocycles. The molecule has 2 atom stereocenters. The molecule has 0 fully saturated rings. The first-order valence-corrected chi connectivity index (χ1v) is 6.72. The van der Waals surface area contributed by atoms with Crippen molar-refractivity contribution in [2.45, 2.75) is 32.9 Å². The van der Waals surface area contributed by atoms with Crippen LogP contribution in [-0.2, 0) is 0 Å². The maximum Gasteiger partial charge on any atom is 0.139 e. The van der Waals surface area contributed by atoms with Gasteiger partial charge < -0.3 is 10.5 Å². The van der Waals surface area contributed by atoms with Crippen molar-refractivity contribution in [3.8, 4) is 5.75 Å². The van der Waals surface area contributed by atoms with Crippen molar-refractivity contribution in [1.29, 1.82) is 0 Å². The van der Waals surface area contributed by atoms with E-state index < -0.39 is 0 Å². The number of hydrogen-bond acceptors (Lipinski definition) is 2. The molecule has 20 heavy (non-hydrogen) atoms. The van der Waals surface area contributed by atoms with Gasteiger partial charge >= 0.3 is 0 Å². The Morgan fingerprint density at radius 1 is 1.10 bits per heavy atom. The molecular formula is C17H20FNO. The molecule has 0 heterocycles. The van der Waals surface area contributed by atoms with E-state index >= 15 is 0 Å². The normalized spacial score (nSPS) is 13.8. The monoisotopic (exact) mass is 273 g/mol. The van der Waals surface area contributed by atoms with Gasteiger partial charge in [-0.1, -0.05) is 29.8 Å². The van der Waals surface area contributed by atoms with Crippen molar-refractivity contribution >= 4 is 0 Å². The lowest BCUT2D eigenvalue weighted by molar-refractivity contribution is 0.179. The molecule has 2 nitrogen and oxygen atoms in total. The van der Waals surface area contributed by atoms with Gasteiger partial charge in [-0.25, -0.2) is 4.39 Å². The molecule has 3 heteroatoms. The summed E-state index contributed by atoms with van der Waals surface area (Å²) in [6, 6.07) is 12.1. The summed E-state index contributed by atoms with van der Waals surface area (Å²) in [6.07, 6.45) is -0.368. The first kappa shape index (κ1) is 14.5. The van der Waals surface area contributed by atoms with Gasteiger partial charge in [-0.3, -0.25) is 0 Å². The molecule has 0 saturated carbocycles. The lowest BCUT2D eigenvalue weighted by Crippen LogP contribution is -2.29. The summed E-state index contributed by atoms with van der Waals surface area (Å²) in [7, 11) is 0. The molecule has 0 aliphatic carbocycles. The van der Waals surface area contributed by atoms with E-state index in [1.165, 1.54) is 17.7 Å². The van der Waals surface area contributed by atoms with Gasteiger partial charge in [-0.15, -0.1) is 0 Å². The van der Waals surface area contributed by atoms with Crippen LogP contribution in [0.15, 0.2) is 42.5 Å². The predicted molar refractivity (Wildman–Crippen MR) is 79.3 cm³/mol. The van der Waals surface area contributed by atoms with Crippen LogP contribution in [-0.4, -0.2) is 6.04 Å². The third-order valence-electron chi connectivity index (χ3n) is 3.24. The molecular weight excluding hydrogens is 253 g/mol. The summed E-state index contributed by atoms with van der Waals surface area (Å²) in [6.45, 7) is 5.89. The lowest BCUT2D eigenvalue weighted by atomic mass is 10.0. The molecule has 106 valence electrons. The van der Waals surface area contributed by atoms with Crippen molar-refractivity contribution in [3.63, 3.8) is 0 Å². The topological polar surface area (TPSA) is 35.2 Å². The Morgan fingerprint density at radius 3 is 2.45 bits per heavy atom. The SMILES string of the molecule is Cc1ccc(OC(c2cccc(F)c2)C(C)N)c(C)c1. The van der Waals surface area contributed by atoms with Gasteiger partial charge in [0.1, 0.15) is 17.7 Å². The summed E-state index contributed by atoms with van der Waals surface area (Å²) in [5.41, 5.74) is 8.98. The van der Waals surface area contributed by atoms with Crippen LogP contribution in [0.5, 0.6) is 5.75 Å².